The van der Waals surface area contributed by atoms with E-state index < -0.39 is 6.10 Å². The normalized spacial score (nSPS) is 12.2. The molecule has 0 saturated carbocycles. The number of aryl methyl sites for hydroxylation is 2. The molecule has 0 amide bonds. The fourth-order valence-corrected chi connectivity index (χ4v) is 2.22. The number of hydrogen-bond donors (Lipinski definition) is 1. The van der Waals surface area contributed by atoms with Gasteiger partial charge < -0.3 is 9.84 Å². The molecular formula is C15H19N3O2. The number of aliphatic hydroxyl groups excluding tert-OH is 1. The summed E-state index contributed by atoms with van der Waals surface area (Å²) < 4.78 is 5.38. The molecule has 1 atom stereocenters. The molecule has 20 heavy (non-hydrogen) atoms. The van der Waals surface area contributed by atoms with E-state index in [9.17, 15) is 5.11 Å². The van der Waals surface area contributed by atoms with Crippen molar-refractivity contribution in [3.05, 3.63) is 46.8 Å². The second kappa shape index (κ2) is 5.96. The lowest BCUT2D eigenvalue weighted by atomic mass is 10.0. The van der Waals surface area contributed by atoms with E-state index in [1.54, 1.807) is 32.5 Å². The Morgan fingerprint density at radius 1 is 1.25 bits per heavy atom. The Balaban J connectivity index is 2.26. The molecule has 0 fully saturated rings. The van der Waals surface area contributed by atoms with Crippen molar-refractivity contribution in [2.24, 2.45) is 0 Å². The van der Waals surface area contributed by atoms with Crippen LogP contribution in [0, 0.1) is 20.8 Å². The molecule has 2 heterocycles. The zero-order chi connectivity index (χ0) is 14.7. The SMILES string of the molecule is COc1c(C)cnc(CC(O)c2ccnc(C)n2)c1C. The minimum atomic E-state index is -0.699. The van der Waals surface area contributed by atoms with Crippen molar-refractivity contribution in [1.29, 1.82) is 0 Å². The van der Waals surface area contributed by atoms with Crippen molar-refractivity contribution in [2.45, 2.75) is 33.3 Å². The second-order valence-electron chi connectivity index (χ2n) is 4.79. The third kappa shape index (κ3) is 2.93. The van der Waals surface area contributed by atoms with Crippen molar-refractivity contribution < 1.29 is 9.84 Å². The number of nitrogens with zero attached hydrogens (tertiary/aromatic N) is 3. The van der Waals surface area contributed by atoms with Gasteiger partial charge in [0.05, 0.1) is 12.8 Å². The van der Waals surface area contributed by atoms with E-state index in [2.05, 4.69) is 15.0 Å². The van der Waals surface area contributed by atoms with E-state index >= 15 is 0 Å². The number of aromatic nitrogens is 3. The van der Waals surface area contributed by atoms with Gasteiger partial charge >= 0.3 is 0 Å². The van der Waals surface area contributed by atoms with E-state index in [1.165, 1.54) is 0 Å². The molecule has 1 unspecified atom stereocenters. The Hall–Kier alpha value is -2.01. The lowest BCUT2D eigenvalue weighted by Crippen LogP contribution is -2.09. The average molecular weight is 273 g/mol. The van der Waals surface area contributed by atoms with Gasteiger partial charge in [-0.3, -0.25) is 4.98 Å². The maximum atomic E-state index is 10.3. The average Bonchev–Trinajstić information content (AvgIpc) is 2.42. The molecule has 1 N–H and O–H groups in total. The molecule has 0 saturated heterocycles. The number of rotatable bonds is 4. The first-order valence-corrected chi connectivity index (χ1v) is 6.49. The summed E-state index contributed by atoms with van der Waals surface area (Å²) in [4.78, 5) is 12.7. The Labute approximate surface area is 118 Å². The Kier molecular flexibility index (Phi) is 4.29. The van der Waals surface area contributed by atoms with Crippen molar-refractivity contribution >= 4 is 0 Å². The highest BCUT2D eigenvalue weighted by atomic mass is 16.5. The molecule has 2 rings (SSSR count). The Morgan fingerprint density at radius 2 is 2.00 bits per heavy atom. The first kappa shape index (κ1) is 14.4. The van der Waals surface area contributed by atoms with Gasteiger partial charge in [0.2, 0.25) is 0 Å². The summed E-state index contributed by atoms with van der Waals surface area (Å²) in [5.41, 5.74) is 3.37. The van der Waals surface area contributed by atoms with Gasteiger partial charge in [-0.2, -0.15) is 0 Å². The molecule has 0 aliphatic carbocycles. The zero-order valence-electron chi connectivity index (χ0n) is 12.2. The van der Waals surface area contributed by atoms with Crippen LogP contribution in [0.25, 0.3) is 0 Å². The van der Waals surface area contributed by atoms with Crippen LogP contribution in [0.1, 0.15) is 34.4 Å². The maximum Gasteiger partial charge on any atom is 0.128 e. The van der Waals surface area contributed by atoms with Crippen LogP contribution in [-0.2, 0) is 6.42 Å². The zero-order valence-corrected chi connectivity index (χ0v) is 12.2. The molecule has 0 spiro atoms. The van der Waals surface area contributed by atoms with Gasteiger partial charge in [-0.15, -0.1) is 0 Å². The van der Waals surface area contributed by atoms with E-state index in [0.717, 1.165) is 22.6 Å². The van der Waals surface area contributed by atoms with Crippen molar-refractivity contribution in [2.75, 3.05) is 7.11 Å². The quantitative estimate of drug-likeness (QED) is 0.923. The first-order chi connectivity index (χ1) is 9.52. The summed E-state index contributed by atoms with van der Waals surface area (Å²) in [5.74, 6) is 1.47. The third-order valence-corrected chi connectivity index (χ3v) is 3.28. The first-order valence-electron chi connectivity index (χ1n) is 6.49. The van der Waals surface area contributed by atoms with Crippen LogP contribution in [0.15, 0.2) is 18.5 Å². The Bertz CT molecular complexity index is 614. The van der Waals surface area contributed by atoms with Gasteiger partial charge in [-0.25, -0.2) is 9.97 Å². The highest BCUT2D eigenvalue weighted by Gasteiger charge is 2.16. The van der Waals surface area contributed by atoms with Gasteiger partial charge in [0.1, 0.15) is 17.7 Å². The van der Waals surface area contributed by atoms with Crippen LogP contribution in [0.3, 0.4) is 0 Å². The highest BCUT2D eigenvalue weighted by Crippen LogP contribution is 2.26. The van der Waals surface area contributed by atoms with Gasteiger partial charge in [0, 0.05) is 35.6 Å². The van der Waals surface area contributed by atoms with Crippen LogP contribution < -0.4 is 4.74 Å². The lowest BCUT2D eigenvalue weighted by Gasteiger charge is -2.15. The highest BCUT2D eigenvalue weighted by molar-refractivity contribution is 5.41. The van der Waals surface area contributed by atoms with Crippen LogP contribution in [0.4, 0.5) is 0 Å². The predicted octanol–water partition coefficient (Wildman–Crippen LogP) is 2.08. The topological polar surface area (TPSA) is 68.1 Å². The number of ether oxygens (including phenoxy) is 1. The summed E-state index contributed by atoms with van der Waals surface area (Å²) in [6, 6.07) is 1.72. The van der Waals surface area contributed by atoms with Gasteiger partial charge in [-0.05, 0) is 26.8 Å². The summed E-state index contributed by atoms with van der Waals surface area (Å²) in [6.07, 6.45) is 3.12. The molecule has 0 radical (unpaired) electrons. The van der Waals surface area contributed by atoms with E-state index in [1.807, 2.05) is 13.8 Å². The third-order valence-electron chi connectivity index (χ3n) is 3.28. The molecule has 2 aromatic heterocycles. The minimum Gasteiger partial charge on any atom is -0.496 e. The summed E-state index contributed by atoms with van der Waals surface area (Å²) in [5, 5.41) is 10.3. The molecule has 0 aliphatic rings. The van der Waals surface area contributed by atoms with Crippen molar-refractivity contribution in [1.82, 2.24) is 15.0 Å². The summed E-state index contributed by atoms with van der Waals surface area (Å²) in [6.45, 7) is 5.70. The van der Waals surface area contributed by atoms with Crippen molar-refractivity contribution in [3.63, 3.8) is 0 Å². The maximum absolute atomic E-state index is 10.3. The van der Waals surface area contributed by atoms with Crippen LogP contribution in [0.2, 0.25) is 0 Å². The minimum absolute atomic E-state index is 0.402. The van der Waals surface area contributed by atoms with Crippen LogP contribution >= 0.6 is 0 Å². The predicted molar refractivity (Wildman–Crippen MR) is 75.7 cm³/mol. The van der Waals surface area contributed by atoms with Crippen LogP contribution in [-0.4, -0.2) is 27.2 Å². The number of methoxy groups -OCH3 is 1. The second-order valence-corrected chi connectivity index (χ2v) is 4.79. The van der Waals surface area contributed by atoms with E-state index in [4.69, 9.17) is 4.74 Å². The number of hydrogen-bond acceptors (Lipinski definition) is 5. The molecule has 0 aromatic carbocycles. The molecule has 0 bridgehead atoms. The van der Waals surface area contributed by atoms with E-state index in [-0.39, 0.29) is 0 Å². The van der Waals surface area contributed by atoms with Crippen LogP contribution in [0.5, 0.6) is 5.75 Å². The fourth-order valence-electron chi connectivity index (χ4n) is 2.22. The number of aliphatic hydroxyl groups is 1. The molecular weight excluding hydrogens is 254 g/mol. The number of pyridine rings is 1. The van der Waals surface area contributed by atoms with Gasteiger partial charge in [0.25, 0.3) is 0 Å². The van der Waals surface area contributed by atoms with E-state index in [0.29, 0.717) is 17.9 Å². The smallest absolute Gasteiger partial charge is 0.128 e. The molecule has 2 aromatic rings. The molecule has 106 valence electrons. The monoisotopic (exact) mass is 273 g/mol. The summed E-state index contributed by atoms with van der Waals surface area (Å²) >= 11 is 0. The fraction of sp³-hybridized carbons (Fsp3) is 0.400. The van der Waals surface area contributed by atoms with Gasteiger partial charge in [-0.1, -0.05) is 0 Å². The molecule has 5 nitrogen and oxygen atoms in total. The lowest BCUT2D eigenvalue weighted by molar-refractivity contribution is 0.171. The standard InChI is InChI=1S/C15H19N3O2/c1-9-8-17-13(10(2)15(9)20-4)7-14(19)12-5-6-16-11(3)18-12/h5-6,8,14,19H,7H2,1-4H3. The molecule has 0 aliphatic heterocycles. The largest absolute Gasteiger partial charge is 0.496 e. The van der Waals surface area contributed by atoms with Gasteiger partial charge in [0.15, 0.2) is 0 Å². The van der Waals surface area contributed by atoms with Crippen molar-refractivity contribution in [3.8, 4) is 5.75 Å². The molecule has 5 heteroatoms. The summed E-state index contributed by atoms with van der Waals surface area (Å²) in [7, 11) is 1.64. The Morgan fingerprint density at radius 3 is 2.65 bits per heavy atom.